The number of aromatic nitrogens is 1. The van der Waals surface area contributed by atoms with Crippen LogP contribution in [0.3, 0.4) is 0 Å². The second-order valence-corrected chi connectivity index (χ2v) is 7.51. The highest BCUT2D eigenvalue weighted by atomic mass is 32.1. The first-order valence-electron chi connectivity index (χ1n) is 8.36. The Morgan fingerprint density at radius 3 is 2.92 bits per heavy atom. The molecule has 6 heteroatoms. The molecule has 1 N–H and O–H groups in total. The number of thiazole rings is 1. The summed E-state index contributed by atoms with van der Waals surface area (Å²) < 4.78 is 5.26. The van der Waals surface area contributed by atoms with Crippen LogP contribution in [0.15, 0.2) is 30.5 Å². The SMILES string of the molecule is COc1cccc(-c2cnc(C(=O)NC3CN4CCC3CC4)s2)c1. The van der Waals surface area contributed by atoms with E-state index in [2.05, 4.69) is 15.2 Å². The van der Waals surface area contributed by atoms with Gasteiger partial charge in [0, 0.05) is 18.8 Å². The van der Waals surface area contributed by atoms with Crippen molar-refractivity contribution < 1.29 is 9.53 Å². The molecule has 1 aromatic carbocycles. The van der Waals surface area contributed by atoms with Crippen LogP contribution < -0.4 is 10.1 Å². The first-order valence-corrected chi connectivity index (χ1v) is 9.18. The third-order valence-corrected chi connectivity index (χ3v) is 6.07. The Kier molecular flexibility index (Phi) is 4.24. The Hall–Kier alpha value is -1.92. The van der Waals surface area contributed by atoms with Crippen LogP contribution in [-0.4, -0.2) is 48.6 Å². The molecule has 5 rings (SSSR count). The van der Waals surface area contributed by atoms with Gasteiger partial charge in [0.15, 0.2) is 5.01 Å². The van der Waals surface area contributed by atoms with E-state index < -0.39 is 0 Å². The highest BCUT2D eigenvalue weighted by Gasteiger charge is 2.35. The number of rotatable bonds is 4. The van der Waals surface area contributed by atoms with E-state index in [1.165, 1.54) is 37.3 Å². The summed E-state index contributed by atoms with van der Waals surface area (Å²) in [6.07, 6.45) is 4.15. The summed E-state index contributed by atoms with van der Waals surface area (Å²) in [6.45, 7) is 3.33. The molecule has 1 amide bonds. The maximum atomic E-state index is 12.6. The fourth-order valence-electron chi connectivity index (χ4n) is 3.65. The van der Waals surface area contributed by atoms with Crippen LogP contribution in [0.1, 0.15) is 22.6 Å². The minimum absolute atomic E-state index is 0.0482. The lowest BCUT2D eigenvalue weighted by Gasteiger charge is -2.44. The number of ether oxygens (including phenoxy) is 1. The van der Waals surface area contributed by atoms with Crippen molar-refractivity contribution in [2.45, 2.75) is 18.9 Å². The van der Waals surface area contributed by atoms with Crippen molar-refractivity contribution in [1.82, 2.24) is 15.2 Å². The number of carbonyl (C=O) groups is 1. The van der Waals surface area contributed by atoms with Gasteiger partial charge in [-0.05, 0) is 49.5 Å². The van der Waals surface area contributed by atoms with Crippen LogP contribution in [0.4, 0.5) is 0 Å². The molecule has 1 atom stereocenters. The Bertz CT molecular complexity index is 737. The number of amides is 1. The average Bonchev–Trinajstić information content (AvgIpc) is 3.13. The molecule has 5 nitrogen and oxygen atoms in total. The Morgan fingerprint density at radius 2 is 2.21 bits per heavy atom. The molecule has 3 aliphatic heterocycles. The van der Waals surface area contributed by atoms with Gasteiger partial charge in [0.2, 0.25) is 0 Å². The number of hydrogen-bond acceptors (Lipinski definition) is 5. The average molecular weight is 343 g/mol. The zero-order chi connectivity index (χ0) is 16.5. The fraction of sp³-hybridized carbons (Fsp3) is 0.444. The molecule has 4 heterocycles. The molecule has 0 aliphatic carbocycles. The van der Waals surface area contributed by atoms with Crippen molar-refractivity contribution in [3.63, 3.8) is 0 Å². The molecule has 0 spiro atoms. The van der Waals surface area contributed by atoms with Gasteiger partial charge in [0.25, 0.3) is 5.91 Å². The molecule has 1 unspecified atom stereocenters. The first-order chi connectivity index (χ1) is 11.7. The van der Waals surface area contributed by atoms with Gasteiger partial charge < -0.3 is 15.0 Å². The van der Waals surface area contributed by atoms with Crippen molar-refractivity contribution in [2.75, 3.05) is 26.7 Å². The smallest absolute Gasteiger partial charge is 0.280 e. The van der Waals surface area contributed by atoms with Crippen LogP contribution >= 0.6 is 11.3 Å². The maximum absolute atomic E-state index is 12.6. The van der Waals surface area contributed by atoms with E-state index in [1.54, 1.807) is 13.3 Å². The zero-order valence-corrected chi connectivity index (χ0v) is 14.5. The second kappa shape index (κ2) is 6.53. The van der Waals surface area contributed by atoms with Gasteiger partial charge in [0.05, 0.1) is 12.0 Å². The topological polar surface area (TPSA) is 54.5 Å². The molecule has 3 saturated heterocycles. The zero-order valence-electron chi connectivity index (χ0n) is 13.7. The molecule has 24 heavy (non-hydrogen) atoms. The molecule has 3 fully saturated rings. The van der Waals surface area contributed by atoms with Gasteiger partial charge >= 0.3 is 0 Å². The molecule has 2 bridgehead atoms. The van der Waals surface area contributed by atoms with Crippen molar-refractivity contribution in [2.24, 2.45) is 5.92 Å². The van der Waals surface area contributed by atoms with Crippen molar-refractivity contribution in [3.8, 4) is 16.2 Å². The monoisotopic (exact) mass is 343 g/mol. The molecule has 3 aliphatic rings. The molecule has 2 aromatic rings. The number of fused-ring (bicyclic) bond motifs is 3. The van der Waals surface area contributed by atoms with Gasteiger partial charge in [-0.3, -0.25) is 4.79 Å². The van der Waals surface area contributed by atoms with Crippen LogP contribution in [0.5, 0.6) is 5.75 Å². The second-order valence-electron chi connectivity index (χ2n) is 6.48. The number of nitrogens with zero attached hydrogens (tertiary/aromatic N) is 2. The fourth-order valence-corrected chi connectivity index (χ4v) is 4.46. The Morgan fingerprint density at radius 1 is 1.38 bits per heavy atom. The van der Waals surface area contributed by atoms with E-state index in [-0.39, 0.29) is 11.9 Å². The Balaban J connectivity index is 1.47. The number of carbonyl (C=O) groups excluding carboxylic acids is 1. The summed E-state index contributed by atoms with van der Waals surface area (Å²) in [7, 11) is 1.65. The van der Waals surface area contributed by atoms with Crippen LogP contribution in [0.2, 0.25) is 0 Å². The molecular formula is C18H21N3O2S. The van der Waals surface area contributed by atoms with E-state index in [1.807, 2.05) is 24.3 Å². The van der Waals surface area contributed by atoms with Crippen LogP contribution in [0.25, 0.3) is 10.4 Å². The van der Waals surface area contributed by atoms with Crippen LogP contribution in [0, 0.1) is 5.92 Å². The lowest BCUT2D eigenvalue weighted by Crippen LogP contribution is -2.57. The lowest BCUT2D eigenvalue weighted by atomic mass is 9.84. The minimum atomic E-state index is -0.0482. The van der Waals surface area contributed by atoms with Gasteiger partial charge in [-0.25, -0.2) is 4.98 Å². The Labute approximate surface area is 145 Å². The summed E-state index contributed by atoms with van der Waals surface area (Å²) in [6, 6.07) is 8.09. The third kappa shape index (κ3) is 3.03. The molecular weight excluding hydrogens is 322 g/mol. The summed E-state index contributed by atoms with van der Waals surface area (Å²) in [5.74, 6) is 1.38. The number of hydrogen-bond donors (Lipinski definition) is 1. The van der Waals surface area contributed by atoms with E-state index in [0.717, 1.165) is 22.7 Å². The molecule has 1 aromatic heterocycles. The van der Waals surface area contributed by atoms with Crippen molar-refractivity contribution in [1.29, 1.82) is 0 Å². The van der Waals surface area contributed by atoms with Gasteiger partial charge in [-0.15, -0.1) is 11.3 Å². The van der Waals surface area contributed by atoms with E-state index in [0.29, 0.717) is 10.9 Å². The lowest BCUT2D eigenvalue weighted by molar-refractivity contribution is 0.0620. The van der Waals surface area contributed by atoms with Crippen molar-refractivity contribution >= 4 is 17.2 Å². The number of benzene rings is 1. The highest BCUT2D eigenvalue weighted by Crippen LogP contribution is 2.30. The molecule has 0 radical (unpaired) electrons. The van der Waals surface area contributed by atoms with Gasteiger partial charge in [-0.1, -0.05) is 12.1 Å². The number of piperidine rings is 3. The largest absolute Gasteiger partial charge is 0.497 e. The number of nitrogens with one attached hydrogen (secondary N) is 1. The third-order valence-electron chi connectivity index (χ3n) is 5.03. The molecule has 0 saturated carbocycles. The highest BCUT2D eigenvalue weighted by molar-refractivity contribution is 7.17. The van der Waals surface area contributed by atoms with E-state index in [9.17, 15) is 4.79 Å². The maximum Gasteiger partial charge on any atom is 0.280 e. The quantitative estimate of drug-likeness (QED) is 0.927. The first kappa shape index (κ1) is 15.6. The van der Waals surface area contributed by atoms with Crippen molar-refractivity contribution in [3.05, 3.63) is 35.5 Å². The van der Waals surface area contributed by atoms with Gasteiger partial charge in [-0.2, -0.15) is 0 Å². The van der Waals surface area contributed by atoms with E-state index >= 15 is 0 Å². The van der Waals surface area contributed by atoms with Crippen LogP contribution in [-0.2, 0) is 0 Å². The minimum Gasteiger partial charge on any atom is -0.497 e. The standard InChI is InChI=1S/C18H21N3O2S/c1-23-14-4-2-3-13(9-14)16-10-19-18(24-16)17(22)20-15-11-21-7-5-12(15)6-8-21/h2-4,9-10,12,15H,5-8,11H2,1H3,(H,20,22). The summed E-state index contributed by atoms with van der Waals surface area (Å²) in [4.78, 5) is 20.3. The summed E-state index contributed by atoms with van der Waals surface area (Å²) in [5.41, 5.74) is 1.02. The molecule has 126 valence electrons. The normalized spacial score (nSPS) is 25.5. The van der Waals surface area contributed by atoms with Gasteiger partial charge in [0.1, 0.15) is 5.75 Å². The summed E-state index contributed by atoms with van der Waals surface area (Å²) in [5, 5.41) is 3.73. The number of methoxy groups -OCH3 is 1. The predicted octanol–water partition coefficient (Wildman–Crippen LogP) is 2.64. The van der Waals surface area contributed by atoms with E-state index in [4.69, 9.17) is 4.74 Å². The predicted molar refractivity (Wildman–Crippen MR) is 94.5 cm³/mol. The summed E-state index contributed by atoms with van der Waals surface area (Å²) >= 11 is 1.43.